The number of nitrogens with zero attached hydrogens (tertiary/aromatic N) is 2. The smallest absolute Gasteiger partial charge is 0.144 e. The van der Waals surface area contributed by atoms with Gasteiger partial charge in [0.05, 0.1) is 0 Å². The first-order valence-corrected chi connectivity index (χ1v) is 5.55. The van der Waals surface area contributed by atoms with E-state index < -0.39 is 0 Å². The van der Waals surface area contributed by atoms with Crippen molar-refractivity contribution in [2.45, 2.75) is 25.4 Å². The Labute approximate surface area is 95.3 Å². The van der Waals surface area contributed by atoms with E-state index in [4.69, 9.17) is 10.00 Å². The fourth-order valence-corrected chi connectivity index (χ4v) is 1.84. The molecule has 4 heteroatoms. The van der Waals surface area contributed by atoms with E-state index in [0.29, 0.717) is 18.3 Å². The normalized spacial score (nSPS) is 16.9. The van der Waals surface area contributed by atoms with Gasteiger partial charge in [-0.3, -0.25) is 0 Å². The molecule has 2 heterocycles. The third-order valence-corrected chi connectivity index (χ3v) is 2.80. The summed E-state index contributed by atoms with van der Waals surface area (Å²) in [5.41, 5.74) is 1.48. The molecule has 1 fully saturated rings. The molecule has 84 valence electrons. The third-order valence-electron chi connectivity index (χ3n) is 2.80. The lowest BCUT2D eigenvalue weighted by molar-refractivity contribution is 0.0776. The summed E-state index contributed by atoms with van der Waals surface area (Å²) in [6.07, 6.45) is 3.74. The summed E-state index contributed by atoms with van der Waals surface area (Å²) in [7, 11) is 0. The Bertz CT molecular complexity index is 380. The Morgan fingerprint density at radius 2 is 2.31 bits per heavy atom. The van der Waals surface area contributed by atoms with Crippen molar-refractivity contribution in [3.05, 3.63) is 29.6 Å². The third kappa shape index (κ3) is 2.78. The molecule has 1 saturated heterocycles. The van der Waals surface area contributed by atoms with Gasteiger partial charge in [-0.05, 0) is 18.9 Å². The second-order valence-electron chi connectivity index (χ2n) is 3.89. The molecule has 1 aliphatic rings. The highest BCUT2D eigenvalue weighted by molar-refractivity contribution is 5.30. The van der Waals surface area contributed by atoms with Crippen molar-refractivity contribution in [1.29, 1.82) is 5.26 Å². The van der Waals surface area contributed by atoms with Crippen LogP contribution < -0.4 is 5.32 Å². The molecule has 1 aliphatic heterocycles. The molecule has 0 bridgehead atoms. The Morgan fingerprint density at radius 1 is 1.50 bits per heavy atom. The number of nitrogens with one attached hydrogen (secondary N) is 1. The highest BCUT2D eigenvalue weighted by atomic mass is 16.5. The maximum absolute atomic E-state index is 8.90. The van der Waals surface area contributed by atoms with E-state index >= 15 is 0 Å². The van der Waals surface area contributed by atoms with Crippen LogP contribution in [0.15, 0.2) is 18.3 Å². The van der Waals surface area contributed by atoms with Gasteiger partial charge in [0.2, 0.25) is 0 Å². The summed E-state index contributed by atoms with van der Waals surface area (Å²) in [6.45, 7) is 2.37. The van der Waals surface area contributed by atoms with E-state index in [1.807, 2.05) is 12.1 Å². The Hall–Kier alpha value is -1.44. The van der Waals surface area contributed by atoms with Crippen molar-refractivity contribution in [2.75, 3.05) is 13.2 Å². The van der Waals surface area contributed by atoms with E-state index in [-0.39, 0.29) is 0 Å². The van der Waals surface area contributed by atoms with Gasteiger partial charge in [-0.2, -0.15) is 5.26 Å². The average molecular weight is 217 g/mol. The lowest BCUT2D eigenvalue weighted by Crippen LogP contribution is -2.34. The molecule has 0 unspecified atom stereocenters. The molecule has 2 rings (SSSR count). The van der Waals surface area contributed by atoms with Gasteiger partial charge in [0.1, 0.15) is 11.8 Å². The zero-order chi connectivity index (χ0) is 11.2. The number of aromatic nitrogens is 1. The maximum atomic E-state index is 8.90. The lowest BCUT2D eigenvalue weighted by atomic mass is 10.1. The first kappa shape index (κ1) is 11.1. The predicted octanol–water partition coefficient (Wildman–Crippen LogP) is 1.22. The van der Waals surface area contributed by atoms with Gasteiger partial charge in [-0.1, -0.05) is 6.07 Å². The van der Waals surface area contributed by atoms with E-state index in [2.05, 4.69) is 16.4 Å². The molecule has 1 aromatic heterocycles. The highest BCUT2D eigenvalue weighted by Crippen LogP contribution is 2.09. The van der Waals surface area contributed by atoms with Gasteiger partial charge in [0.15, 0.2) is 0 Å². The van der Waals surface area contributed by atoms with Gasteiger partial charge in [-0.25, -0.2) is 4.98 Å². The number of hydrogen-bond acceptors (Lipinski definition) is 4. The van der Waals surface area contributed by atoms with E-state index in [9.17, 15) is 0 Å². The molecule has 0 radical (unpaired) electrons. The molecule has 4 nitrogen and oxygen atoms in total. The van der Waals surface area contributed by atoms with Crippen LogP contribution in [0.5, 0.6) is 0 Å². The largest absolute Gasteiger partial charge is 0.381 e. The standard InChI is InChI=1S/C12H15N3O/c13-8-12-10(2-1-5-14-12)9-15-11-3-6-16-7-4-11/h1-2,5,11,15H,3-4,6-7,9H2. The first-order valence-electron chi connectivity index (χ1n) is 5.55. The van der Waals surface area contributed by atoms with Crippen LogP contribution in [0, 0.1) is 11.3 Å². The van der Waals surface area contributed by atoms with Crippen LogP contribution in [0.3, 0.4) is 0 Å². The summed E-state index contributed by atoms with van der Waals surface area (Å²) >= 11 is 0. The summed E-state index contributed by atoms with van der Waals surface area (Å²) in [6, 6.07) is 6.41. The summed E-state index contributed by atoms with van der Waals surface area (Å²) < 4.78 is 5.29. The zero-order valence-corrected chi connectivity index (χ0v) is 9.15. The highest BCUT2D eigenvalue weighted by Gasteiger charge is 2.13. The SMILES string of the molecule is N#Cc1ncccc1CNC1CCOCC1. The van der Waals surface area contributed by atoms with Crippen LogP contribution in [0.4, 0.5) is 0 Å². The predicted molar refractivity (Wildman–Crippen MR) is 59.6 cm³/mol. The second kappa shape index (κ2) is 5.59. The Kier molecular flexibility index (Phi) is 3.86. The number of hydrogen-bond donors (Lipinski definition) is 1. The molecule has 16 heavy (non-hydrogen) atoms. The molecule has 0 aliphatic carbocycles. The minimum Gasteiger partial charge on any atom is -0.381 e. The molecule has 0 amide bonds. The maximum Gasteiger partial charge on any atom is 0.144 e. The first-order chi connectivity index (χ1) is 7.90. The van der Waals surface area contributed by atoms with Crippen molar-refractivity contribution in [3.8, 4) is 6.07 Å². The van der Waals surface area contributed by atoms with Crippen molar-refractivity contribution in [2.24, 2.45) is 0 Å². The Balaban J connectivity index is 1.91. The molecule has 0 spiro atoms. The Morgan fingerprint density at radius 3 is 3.06 bits per heavy atom. The molecule has 0 aromatic carbocycles. The second-order valence-corrected chi connectivity index (χ2v) is 3.89. The molecular formula is C12H15N3O. The molecule has 0 saturated carbocycles. The topological polar surface area (TPSA) is 57.9 Å². The number of nitriles is 1. The van der Waals surface area contributed by atoms with Crippen LogP contribution in [0.1, 0.15) is 24.1 Å². The van der Waals surface area contributed by atoms with Crippen LogP contribution in [0.2, 0.25) is 0 Å². The van der Waals surface area contributed by atoms with Gasteiger partial charge < -0.3 is 10.1 Å². The van der Waals surface area contributed by atoms with Crippen LogP contribution >= 0.6 is 0 Å². The summed E-state index contributed by atoms with van der Waals surface area (Å²) in [5, 5.41) is 12.3. The summed E-state index contributed by atoms with van der Waals surface area (Å²) in [4.78, 5) is 4.04. The van der Waals surface area contributed by atoms with Gasteiger partial charge in [-0.15, -0.1) is 0 Å². The van der Waals surface area contributed by atoms with Crippen LogP contribution in [-0.2, 0) is 11.3 Å². The van der Waals surface area contributed by atoms with Crippen molar-refractivity contribution < 1.29 is 4.74 Å². The van der Waals surface area contributed by atoms with Gasteiger partial charge >= 0.3 is 0 Å². The average Bonchev–Trinajstić information content (AvgIpc) is 2.38. The number of rotatable bonds is 3. The van der Waals surface area contributed by atoms with Gasteiger partial charge in [0, 0.05) is 37.6 Å². The lowest BCUT2D eigenvalue weighted by Gasteiger charge is -2.23. The number of ether oxygens (including phenoxy) is 1. The van der Waals surface area contributed by atoms with E-state index in [1.165, 1.54) is 0 Å². The fourth-order valence-electron chi connectivity index (χ4n) is 1.84. The number of pyridine rings is 1. The van der Waals surface area contributed by atoms with E-state index in [0.717, 1.165) is 31.6 Å². The van der Waals surface area contributed by atoms with Crippen molar-refractivity contribution in [1.82, 2.24) is 10.3 Å². The molecule has 1 aromatic rings. The minimum absolute atomic E-state index is 0.500. The summed E-state index contributed by atoms with van der Waals surface area (Å²) in [5.74, 6) is 0. The minimum atomic E-state index is 0.500. The van der Waals surface area contributed by atoms with Crippen LogP contribution in [0.25, 0.3) is 0 Å². The zero-order valence-electron chi connectivity index (χ0n) is 9.15. The molecule has 1 N–H and O–H groups in total. The van der Waals surface area contributed by atoms with Crippen LogP contribution in [-0.4, -0.2) is 24.2 Å². The molecular weight excluding hydrogens is 202 g/mol. The monoisotopic (exact) mass is 217 g/mol. The van der Waals surface area contributed by atoms with E-state index in [1.54, 1.807) is 6.20 Å². The van der Waals surface area contributed by atoms with Gasteiger partial charge in [0.25, 0.3) is 0 Å². The fraction of sp³-hybridized carbons (Fsp3) is 0.500. The molecule has 0 atom stereocenters. The van der Waals surface area contributed by atoms with Crippen molar-refractivity contribution >= 4 is 0 Å². The van der Waals surface area contributed by atoms with Crippen molar-refractivity contribution in [3.63, 3.8) is 0 Å². The quantitative estimate of drug-likeness (QED) is 0.827.